The zero-order valence-corrected chi connectivity index (χ0v) is 8.69. The first-order valence-corrected chi connectivity index (χ1v) is 5.39. The quantitative estimate of drug-likeness (QED) is 0.593. The summed E-state index contributed by atoms with van der Waals surface area (Å²) in [5.41, 5.74) is 8.85. The summed E-state index contributed by atoms with van der Waals surface area (Å²) >= 11 is 0. The molecule has 0 saturated heterocycles. The Morgan fingerprint density at radius 3 is 1.69 bits per heavy atom. The van der Waals surface area contributed by atoms with Crippen molar-refractivity contribution in [3.05, 3.63) is 29.3 Å². The number of rotatable bonds is 3. The molecule has 0 heterocycles. The standard InChI is InChI=1S/C8H8N2O5S/c9-7(11)4-2-1-3-5(8(10)12)6(4)16(13,14)15/h1-3H,(H2,9,11)(H2,10,12)(H,13,14,15). The van der Waals surface area contributed by atoms with Crippen LogP contribution >= 0.6 is 0 Å². The fraction of sp³-hybridized carbons (Fsp3) is 0. The molecule has 0 atom stereocenters. The molecular formula is C8H8N2O5S. The summed E-state index contributed by atoms with van der Waals surface area (Å²) < 4.78 is 31.0. The first-order valence-electron chi connectivity index (χ1n) is 3.95. The Kier molecular flexibility index (Phi) is 2.97. The Bertz CT molecular complexity index is 532. The minimum atomic E-state index is -4.76. The first kappa shape index (κ1) is 12.1. The van der Waals surface area contributed by atoms with Gasteiger partial charge in [-0.15, -0.1) is 0 Å². The maximum atomic E-state index is 11.0. The van der Waals surface area contributed by atoms with E-state index < -0.39 is 38.0 Å². The lowest BCUT2D eigenvalue weighted by Gasteiger charge is -2.07. The van der Waals surface area contributed by atoms with E-state index in [-0.39, 0.29) is 0 Å². The number of amides is 2. The van der Waals surface area contributed by atoms with Gasteiger partial charge in [-0.05, 0) is 12.1 Å². The number of nitrogens with two attached hydrogens (primary N) is 2. The molecule has 0 bridgehead atoms. The van der Waals surface area contributed by atoms with Gasteiger partial charge in [-0.3, -0.25) is 14.1 Å². The van der Waals surface area contributed by atoms with Crippen LogP contribution in [-0.2, 0) is 10.1 Å². The molecule has 1 aromatic rings. The van der Waals surface area contributed by atoms with E-state index >= 15 is 0 Å². The second kappa shape index (κ2) is 3.91. The van der Waals surface area contributed by atoms with Crippen LogP contribution in [-0.4, -0.2) is 24.8 Å². The fourth-order valence-electron chi connectivity index (χ4n) is 1.20. The summed E-state index contributed by atoms with van der Waals surface area (Å²) in [6, 6.07) is 3.37. The molecule has 5 N–H and O–H groups in total. The average molecular weight is 244 g/mol. The topological polar surface area (TPSA) is 141 Å². The third-order valence-corrected chi connectivity index (χ3v) is 2.76. The highest BCUT2D eigenvalue weighted by Gasteiger charge is 2.25. The van der Waals surface area contributed by atoms with Crippen molar-refractivity contribution in [3.8, 4) is 0 Å². The van der Waals surface area contributed by atoms with Gasteiger partial charge in [0.25, 0.3) is 10.1 Å². The van der Waals surface area contributed by atoms with Crippen LogP contribution in [0.5, 0.6) is 0 Å². The second-order valence-corrected chi connectivity index (χ2v) is 4.24. The zero-order chi connectivity index (χ0) is 12.5. The van der Waals surface area contributed by atoms with E-state index in [9.17, 15) is 18.0 Å². The number of hydrogen-bond acceptors (Lipinski definition) is 4. The monoisotopic (exact) mass is 244 g/mol. The average Bonchev–Trinajstić information content (AvgIpc) is 2.15. The van der Waals surface area contributed by atoms with Gasteiger partial charge in [-0.25, -0.2) is 0 Å². The molecule has 16 heavy (non-hydrogen) atoms. The molecule has 0 aliphatic carbocycles. The highest BCUT2D eigenvalue weighted by molar-refractivity contribution is 7.86. The van der Waals surface area contributed by atoms with Crippen LogP contribution in [0.25, 0.3) is 0 Å². The van der Waals surface area contributed by atoms with Gasteiger partial charge in [0.1, 0.15) is 4.90 Å². The molecule has 7 nitrogen and oxygen atoms in total. The van der Waals surface area contributed by atoms with Crippen molar-refractivity contribution in [1.29, 1.82) is 0 Å². The molecular weight excluding hydrogens is 236 g/mol. The predicted octanol–water partition coefficient (Wildman–Crippen LogP) is -0.869. The van der Waals surface area contributed by atoms with Gasteiger partial charge in [-0.1, -0.05) is 6.07 Å². The number of carbonyl (C=O) groups is 2. The van der Waals surface area contributed by atoms with Crippen molar-refractivity contribution in [2.45, 2.75) is 4.90 Å². The van der Waals surface area contributed by atoms with Crippen LogP contribution in [0.4, 0.5) is 0 Å². The Morgan fingerprint density at radius 1 is 1.06 bits per heavy atom. The molecule has 0 unspecified atom stereocenters. The Balaban J connectivity index is 3.75. The lowest BCUT2D eigenvalue weighted by atomic mass is 10.1. The van der Waals surface area contributed by atoms with Crippen molar-refractivity contribution < 1.29 is 22.6 Å². The Labute approximate surface area is 90.8 Å². The van der Waals surface area contributed by atoms with Crippen LogP contribution in [0.15, 0.2) is 23.1 Å². The van der Waals surface area contributed by atoms with Gasteiger partial charge < -0.3 is 11.5 Å². The Morgan fingerprint density at radius 2 is 1.44 bits per heavy atom. The highest BCUT2D eigenvalue weighted by Crippen LogP contribution is 2.20. The minimum Gasteiger partial charge on any atom is -0.366 e. The number of carbonyl (C=O) groups excluding carboxylic acids is 2. The molecule has 0 spiro atoms. The van der Waals surface area contributed by atoms with Gasteiger partial charge in [0.15, 0.2) is 0 Å². The zero-order valence-electron chi connectivity index (χ0n) is 7.88. The van der Waals surface area contributed by atoms with Gasteiger partial charge in [0.2, 0.25) is 11.8 Å². The van der Waals surface area contributed by atoms with Gasteiger partial charge >= 0.3 is 0 Å². The third kappa shape index (κ3) is 2.18. The molecule has 0 saturated carbocycles. The van der Waals surface area contributed by atoms with Crippen molar-refractivity contribution in [2.24, 2.45) is 11.5 Å². The first-order chi connectivity index (χ1) is 7.25. The van der Waals surface area contributed by atoms with E-state index in [1.165, 1.54) is 6.07 Å². The van der Waals surface area contributed by atoms with E-state index in [2.05, 4.69) is 0 Å². The van der Waals surface area contributed by atoms with Crippen LogP contribution in [0.3, 0.4) is 0 Å². The number of benzene rings is 1. The maximum Gasteiger partial charge on any atom is 0.296 e. The molecule has 0 aromatic heterocycles. The summed E-state index contributed by atoms with van der Waals surface area (Å²) in [6.07, 6.45) is 0. The van der Waals surface area contributed by atoms with Crippen LogP contribution in [0.1, 0.15) is 20.7 Å². The summed E-state index contributed by atoms with van der Waals surface area (Å²) in [4.78, 5) is 21.0. The third-order valence-electron chi connectivity index (χ3n) is 1.80. The molecule has 1 rings (SSSR count). The lowest BCUT2D eigenvalue weighted by molar-refractivity contribution is 0.0994. The largest absolute Gasteiger partial charge is 0.366 e. The second-order valence-electron chi connectivity index (χ2n) is 2.89. The van der Waals surface area contributed by atoms with E-state index in [1.807, 2.05) is 0 Å². The normalized spacial score (nSPS) is 11.1. The molecule has 2 amide bonds. The maximum absolute atomic E-state index is 11.0. The molecule has 8 heteroatoms. The number of primary amides is 2. The summed E-state index contributed by atoms with van der Waals surface area (Å²) in [7, 11) is -4.76. The fourth-order valence-corrected chi connectivity index (χ4v) is 2.10. The van der Waals surface area contributed by atoms with Crippen LogP contribution in [0, 0.1) is 0 Å². The van der Waals surface area contributed by atoms with Crippen molar-refractivity contribution in [2.75, 3.05) is 0 Å². The number of hydrogen-bond donors (Lipinski definition) is 3. The van der Waals surface area contributed by atoms with Crippen LogP contribution in [0.2, 0.25) is 0 Å². The smallest absolute Gasteiger partial charge is 0.296 e. The van der Waals surface area contributed by atoms with E-state index in [1.54, 1.807) is 0 Å². The van der Waals surface area contributed by atoms with E-state index in [0.717, 1.165) is 12.1 Å². The molecule has 0 aliphatic heterocycles. The van der Waals surface area contributed by atoms with Gasteiger partial charge in [0.05, 0.1) is 11.1 Å². The minimum absolute atomic E-state index is 0.487. The lowest BCUT2D eigenvalue weighted by Crippen LogP contribution is -2.22. The molecule has 1 aromatic carbocycles. The SMILES string of the molecule is NC(=O)c1cccc(C(N)=O)c1S(=O)(=O)O. The highest BCUT2D eigenvalue weighted by atomic mass is 32.2. The van der Waals surface area contributed by atoms with Gasteiger partial charge in [-0.2, -0.15) is 8.42 Å². The Hall–Kier alpha value is -1.93. The molecule has 0 fully saturated rings. The van der Waals surface area contributed by atoms with Crippen molar-refractivity contribution in [3.63, 3.8) is 0 Å². The predicted molar refractivity (Wildman–Crippen MR) is 53.3 cm³/mol. The van der Waals surface area contributed by atoms with Crippen LogP contribution < -0.4 is 11.5 Å². The molecule has 86 valence electrons. The van der Waals surface area contributed by atoms with E-state index in [4.69, 9.17) is 16.0 Å². The molecule has 0 radical (unpaired) electrons. The molecule has 0 aliphatic rings. The van der Waals surface area contributed by atoms with Crippen molar-refractivity contribution >= 4 is 21.9 Å². The van der Waals surface area contributed by atoms with Gasteiger partial charge in [0, 0.05) is 0 Å². The van der Waals surface area contributed by atoms with Crippen molar-refractivity contribution in [1.82, 2.24) is 0 Å². The summed E-state index contributed by atoms with van der Waals surface area (Å²) in [5, 5.41) is 0. The summed E-state index contributed by atoms with van der Waals surface area (Å²) in [6.45, 7) is 0. The van der Waals surface area contributed by atoms with E-state index in [0.29, 0.717) is 0 Å². The summed E-state index contributed by atoms with van der Waals surface area (Å²) in [5.74, 6) is -2.17.